The van der Waals surface area contributed by atoms with E-state index in [1.807, 2.05) is 0 Å². The van der Waals surface area contributed by atoms with Crippen LogP contribution in [0, 0.1) is 33.8 Å². The Hall–Kier alpha value is -2.39. The third kappa shape index (κ3) is 3.43. The first-order valence-corrected chi connectivity index (χ1v) is 6.71. The van der Waals surface area contributed by atoms with Crippen molar-refractivity contribution in [2.45, 2.75) is 27.7 Å². The van der Waals surface area contributed by atoms with Crippen LogP contribution in [0.4, 0.5) is 5.69 Å². The van der Waals surface area contributed by atoms with Crippen LogP contribution < -0.4 is 0 Å². The summed E-state index contributed by atoms with van der Waals surface area (Å²) in [4.78, 5) is 22.6. The molecule has 0 unspecified atom stereocenters. The fourth-order valence-electron chi connectivity index (χ4n) is 1.73. The van der Waals surface area contributed by atoms with Crippen molar-refractivity contribution >= 4 is 28.8 Å². The number of hydrogen-bond acceptors (Lipinski definition) is 5. The summed E-state index contributed by atoms with van der Waals surface area (Å²) in [6, 6.07) is 3.99. The number of aryl methyl sites for hydroxylation is 1. The van der Waals surface area contributed by atoms with E-state index >= 15 is 0 Å². The zero-order valence-electron chi connectivity index (χ0n) is 12.6. The maximum atomic E-state index is 12.2. The van der Waals surface area contributed by atoms with E-state index in [0.29, 0.717) is 5.56 Å². The number of allylic oxidation sites excluding steroid dienone is 1. The van der Waals surface area contributed by atoms with E-state index in [-0.39, 0.29) is 10.6 Å². The average Bonchev–Trinajstić information content (AvgIpc) is 2.40. The molecule has 6 nitrogen and oxygen atoms in total. The Kier molecular flexibility index (Phi) is 4.94. The zero-order valence-corrected chi connectivity index (χ0v) is 13.4. The Bertz CT molecular complexity index is 724. The summed E-state index contributed by atoms with van der Waals surface area (Å²) in [6.45, 7) is 6.35. The maximum absolute atomic E-state index is 12.2. The molecule has 1 N–H and O–H groups in total. The van der Waals surface area contributed by atoms with Gasteiger partial charge in [0.05, 0.1) is 15.5 Å². The fourth-order valence-corrected chi connectivity index (χ4v) is 1.89. The number of halogens is 1. The number of nitro groups is 1. The zero-order chi connectivity index (χ0) is 17.2. The molecule has 0 aliphatic heterocycles. The van der Waals surface area contributed by atoms with E-state index < -0.39 is 33.1 Å². The third-order valence-corrected chi connectivity index (χ3v) is 3.39. The van der Waals surface area contributed by atoms with Crippen molar-refractivity contribution in [1.82, 2.24) is 0 Å². The molecule has 0 heterocycles. The Labute approximate surface area is 132 Å². The van der Waals surface area contributed by atoms with Gasteiger partial charge in [0.25, 0.3) is 5.69 Å². The first kappa shape index (κ1) is 17.7. The lowest BCUT2D eigenvalue weighted by Crippen LogP contribution is -2.22. The highest BCUT2D eigenvalue weighted by Crippen LogP contribution is 2.33. The highest BCUT2D eigenvalue weighted by atomic mass is 35.5. The van der Waals surface area contributed by atoms with Crippen molar-refractivity contribution in [1.29, 1.82) is 5.26 Å². The van der Waals surface area contributed by atoms with Crippen molar-refractivity contribution in [3.63, 3.8) is 0 Å². The first-order valence-electron chi connectivity index (χ1n) is 6.33. The van der Waals surface area contributed by atoms with Gasteiger partial charge in [-0.25, -0.2) is 0 Å². The number of aliphatic hydroxyl groups excluding tert-OH is 1. The second kappa shape index (κ2) is 6.16. The number of carbonyl (C=O) groups excluding carboxylic acids is 1. The summed E-state index contributed by atoms with van der Waals surface area (Å²) >= 11 is 5.85. The van der Waals surface area contributed by atoms with E-state index in [1.165, 1.54) is 6.07 Å². The molecule has 0 bridgehead atoms. The predicted octanol–water partition coefficient (Wildman–Crippen LogP) is 3.96. The Morgan fingerprint density at radius 2 is 1.95 bits per heavy atom. The van der Waals surface area contributed by atoms with Crippen LogP contribution in [0.5, 0.6) is 0 Å². The molecule has 1 aromatic carbocycles. The first-order chi connectivity index (χ1) is 10.0. The lowest BCUT2D eigenvalue weighted by atomic mass is 9.85. The molecule has 0 spiro atoms. The molecule has 0 atom stereocenters. The van der Waals surface area contributed by atoms with Crippen LogP contribution >= 0.6 is 11.6 Å². The van der Waals surface area contributed by atoms with E-state index in [4.69, 9.17) is 16.9 Å². The molecule has 7 heteroatoms. The lowest BCUT2D eigenvalue weighted by molar-refractivity contribution is -0.385. The van der Waals surface area contributed by atoms with Gasteiger partial charge in [0.15, 0.2) is 11.5 Å². The molecule has 0 aliphatic carbocycles. The minimum absolute atomic E-state index is 0.156. The van der Waals surface area contributed by atoms with Crippen molar-refractivity contribution < 1.29 is 14.8 Å². The van der Waals surface area contributed by atoms with E-state index in [9.17, 15) is 20.0 Å². The monoisotopic (exact) mass is 322 g/mol. The quantitative estimate of drug-likeness (QED) is 0.298. The fraction of sp³-hybridized carbons (Fsp3) is 0.333. The molecule has 0 aromatic heterocycles. The van der Waals surface area contributed by atoms with Crippen molar-refractivity contribution in [3.8, 4) is 6.07 Å². The molecule has 22 heavy (non-hydrogen) atoms. The smallest absolute Gasteiger partial charge is 0.281 e. The molecule has 0 saturated heterocycles. The van der Waals surface area contributed by atoms with Gasteiger partial charge in [0.2, 0.25) is 0 Å². The summed E-state index contributed by atoms with van der Waals surface area (Å²) < 4.78 is 0. The Morgan fingerprint density at radius 1 is 1.41 bits per heavy atom. The second-order valence-corrected chi connectivity index (χ2v) is 6.20. The number of ketones is 1. The van der Waals surface area contributed by atoms with E-state index in [1.54, 1.807) is 33.8 Å². The van der Waals surface area contributed by atoms with Crippen molar-refractivity contribution in [2.24, 2.45) is 5.41 Å². The summed E-state index contributed by atoms with van der Waals surface area (Å²) in [5.74, 6) is -1.32. The standard InChI is InChI=1S/C15H15ClN2O4/c1-8-5-9(12(18(21)22)6-11(8)16)13(19)10(7-17)14(20)15(2,3)4/h5-6,19H,1-4H3/b13-10-. The molecule has 0 fully saturated rings. The lowest BCUT2D eigenvalue weighted by Gasteiger charge is -2.16. The SMILES string of the molecule is Cc1cc(/C(O)=C(\C#N)C(=O)C(C)(C)C)c([N+](=O)[O-])cc1Cl. The Morgan fingerprint density at radius 3 is 2.36 bits per heavy atom. The van der Waals surface area contributed by atoms with Gasteiger partial charge in [-0.2, -0.15) is 5.26 Å². The number of benzene rings is 1. The largest absolute Gasteiger partial charge is 0.506 e. The van der Waals surface area contributed by atoms with Crippen LogP contribution in [0.2, 0.25) is 5.02 Å². The van der Waals surface area contributed by atoms with E-state index in [2.05, 4.69) is 0 Å². The number of nitro benzene ring substituents is 1. The van der Waals surface area contributed by atoms with Crippen LogP contribution in [0.15, 0.2) is 17.7 Å². The molecular formula is C15H15ClN2O4. The highest BCUT2D eigenvalue weighted by Gasteiger charge is 2.30. The van der Waals surface area contributed by atoms with Gasteiger partial charge >= 0.3 is 0 Å². The van der Waals surface area contributed by atoms with Gasteiger partial charge in [0, 0.05) is 11.5 Å². The molecule has 1 rings (SSSR count). The van der Waals surface area contributed by atoms with Gasteiger partial charge < -0.3 is 5.11 Å². The van der Waals surface area contributed by atoms with E-state index in [0.717, 1.165) is 6.07 Å². The highest BCUT2D eigenvalue weighted by molar-refractivity contribution is 6.31. The average molecular weight is 323 g/mol. The minimum atomic E-state index is -0.907. The molecular weight excluding hydrogens is 308 g/mol. The molecule has 0 saturated carbocycles. The summed E-state index contributed by atoms with van der Waals surface area (Å²) in [7, 11) is 0. The third-order valence-electron chi connectivity index (χ3n) is 2.99. The molecule has 1 aromatic rings. The summed E-state index contributed by atoms with van der Waals surface area (Å²) in [5.41, 5.74) is -1.62. The minimum Gasteiger partial charge on any atom is -0.506 e. The van der Waals surface area contributed by atoms with Crippen molar-refractivity contribution in [2.75, 3.05) is 0 Å². The van der Waals surface area contributed by atoms with Crippen LogP contribution in [0.3, 0.4) is 0 Å². The number of carbonyl (C=O) groups is 1. The molecule has 116 valence electrons. The van der Waals surface area contributed by atoms with Gasteiger partial charge in [-0.1, -0.05) is 32.4 Å². The number of Topliss-reactive ketones (excluding diaryl/α,β-unsaturated/α-hetero) is 1. The number of nitrogens with zero attached hydrogens (tertiary/aromatic N) is 2. The van der Waals surface area contributed by atoms with Gasteiger partial charge in [-0.3, -0.25) is 14.9 Å². The molecule has 0 radical (unpaired) electrons. The van der Waals surface area contributed by atoms with Gasteiger partial charge in [-0.15, -0.1) is 0 Å². The van der Waals surface area contributed by atoms with Gasteiger partial charge in [-0.05, 0) is 18.6 Å². The number of aliphatic hydroxyl groups is 1. The summed E-state index contributed by atoms with van der Waals surface area (Å²) in [6.07, 6.45) is 0. The Balaban J connectivity index is 3.69. The molecule has 0 aliphatic rings. The normalized spacial score (nSPS) is 12.4. The van der Waals surface area contributed by atoms with Crippen LogP contribution in [-0.2, 0) is 4.79 Å². The second-order valence-electron chi connectivity index (χ2n) is 5.79. The van der Waals surface area contributed by atoms with Crippen LogP contribution in [-0.4, -0.2) is 15.8 Å². The maximum Gasteiger partial charge on any atom is 0.281 e. The number of rotatable bonds is 3. The topological polar surface area (TPSA) is 104 Å². The molecule has 0 amide bonds. The summed E-state index contributed by atoms with van der Waals surface area (Å²) in [5, 5.41) is 30.7. The van der Waals surface area contributed by atoms with Gasteiger partial charge in [0.1, 0.15) is 11.6 Å². The predicted molar refractivity (Wildman–Crippen MR) is 82.5 cm³/mol. The van der Waals surface area contributed by atoms with Crippen LogP contribution in [0.1, 0.15) is 31.9 Å². The van der Waals surface area contributed by atoms with Crippen molar-refractivity contribution in [3.05, 3.63) is 44.0 Å². The number of hydrogen-bond donors (Lipinski definition) is 1. The van der Waals surface area contributed by atoms with Crippen LogP contribution in [0.25, 0.3) is 5.76 Å². The number of nitriles is 1.